The number of allylic oxidation sites excluding steroid dienone is 2. The number of nitrogens with zero attached hydrogens (tertiary/aromatic N) is 3. The maximum atomic E-state index is 3.88. The molecule has 52 valence electrons. The standard InChI is InChI=1S/C5H5BrN4/c6-4-1-2-5-7-8-9-10(5)3-4/h1-3,5H,(H,7,9). The fraction of sp³-hybridized carbons (Fsp3) is 0.200. The molecule has 2 rings (SSSR count). The Hall–Kier alpha value is -0.840. The summed E-state index contributed by atoms with van der Waals surface area (Å²) in [6, 6.07) is 0. The molecule has 1 N–H and O–H groups in total. The lowest BCUT2D eigenvalue weighted by Gasteiger charge is -2.18. The van der Waals surface area contributed by atoms with Crippen molar-refractivity contribution in [3.63, 3.8) is 0 Å². The minimum atomic E-state index is 0.0429. The van der Waals surface area contributed by atoms with Crippen molar-refractivity contribution in [1.82, 2.24) is 10.5 Å². The van der Waals surface area contributed by atoms with Gasteiger partial charge in [-0.25, -0.2) is 5.01 Å². The summed E-state index contributed by atoms with van der Waals surface area (Å²) in [6.07, 6.45) is 5.84. The van der Waals surface area contributed by atoms with E-state index in [1.54, 1.807) is 0 Å². The highest BCUT2D eigenvalue weighted by Gasteiger charge is 2.19. The van der Waals surface area contributed by atoms with Crippen LogP contribution in [-0.2, 0) is 0 Å². The quantitative estimate of drug-likeness (QED) is 0.641. The number of hydrogen-bond donors (Lipinski definition) is 1. The van der Waals surface area contributed by atoms with Crippen LogP contribution in [0.2, 0.25) is 0 Å². The van der Waals surface area contributed by atoms with E-state index in [0.717, 1.165) is 4.48 Å². The van der Waals surface area contributed by atoms with Gasteiger partial charge in [0.05, 0.1) is 0 Å². The van der Waals surface area contributed by atoms with Crippen molar-refractivity contribution in [2.45, 2.75) is 6.17 Å². The number of halogens is 1. The predicted molar refractivity (Wildman–Crippen MR) is 39.8 cm³/mol. The van der Waals surface area contributed by atoms with Gasteiger partial charge < -0.3 is 0 Å². The summed E-state index contributed by atoms with van der Waals surface area (Å²) >= 11 is 3.33. The first-order valence-corrected chi connectivity index (χ1v) is 3.65. The number of hydrazine groups is 1. The molecule has 1 atom stereocenters. The summed E-state index contributed by atoms with van der Waals surface area (Å²) in [5.41, 5.74) is 2.72. The largest absolute Gasteiger partial charge is 0.247 e. The summed E-state index contributed by atoms with van der Waals surface area (Å²) in [5, 5.41) is 9.34. The molecule has 0 amide bonds. The van der Waals surface area contributed by atoms with Crippen LogP contribution in [0.4, 0.5) is 0 Å². The van der Waals surface area contributed by atoms with Gasteiger partial charge in [0.2, 0.25) is 0 Å². The van der Waals surface area contributed by atoms with E-state index in [1.807, 2.05) is 23.4 Å². The van der Waals surface area contributed by atoms with E-state index in [-0.39, 0.29) is 6.17 Å². The SMILES string of the molecule is BrC1=CN2NN=NC2C=C1. The fourth-order valence-corrected chi connectivity index (χ4v) is 1.21. The molecule has 10 heavy (non-hydrogen) atoms. The highest BCUT2D eigenvalue weighted by molar-refractivity contribution is 9.11. The molecule has 0 aromatic carbocycles. The van der Waals surface area contributed by atoms with Crippen LogP contribution in [0.3, 0.4) is 0 Å². The van der Waals surface area contributed by atoms with Crippen LogP contribution in [0.5, 0.6) is 0 Å². The number of fused-ring (bicyclic) bond motifs is 1. The second kappa shape index (κ2) is 2.09. The highest BCUT2D eigenvalue weighted by Crippen LogP contribution is 2.19. The zero-order chi connectivity index (χ0) is 6.97. The fourth-order valence-electron chi connectivity index (χ4n) is 0.842. The average Bonchev–Trinajstić information content (AvgIpc) is 2.33. The highest BCUT2D eigenvalue weighted by atomic mass is 79.9. The molecule has 0 aromatic heterocycles. The summed E-state index contributed by atoms with van der Waals surface area (Å²) < 4.78 is 1.02. The molecule has 0 bridgehead atoms. The van der Waals surface area contributed by atoms with Crippen molar-refractivity contribution in [3.8, 4) is 0 Å². The van der Waals surface area contributed by atoms with E-state index < -0.39 is 0 Å². The maximum absolute atomic E-state index is 3.88. The minimum absolute atomic E-state index is 0.0429. The molecular weight excluding hydrogens is 196 g/mol. The average molecular weight is 201 g/mol. The normalized spacial score (nSPS) is 27.9. The second-order valence-corrected chi connectivity index (χ2v) is 2.93. The van der Waals surface area contributed by atoms with E-state index in [1.165, 1.54) is 0 Å². The molecule has 0 saturated carbocycles. The smallest absolute Gasteiger partial charge is 0.182 e. The molecule has 2 heterocycles. The zero-order valence-electron chi connectivity index (χ0n) is 5.03. The van der Waals surface area contributed by atoms with Crippen molar-refractivity contribution in [2.75, 3.05) is 0 Å². The third-order valence-corrected chi connectivity index (χ3v) is 1.78. The lowest BCUT2D eigenvalue weighted by Crippen LogP contribution is -2.32. The Bertz CT molecular complexity index is 232. The van der Waals surface area contributed by atoms with Crippen LogP contribution >= 0.6 is 15.9 Å². The Kier molecular flexibility index (Phi) is 1.23. The van der Waals surface area contributed by atoms with E-state index in [0.29, 0.717) is 0 Å². The Morgan fingerprint density at radius 2 is 2.60 bits per heavy atom. The van der Waals surface area contributed by atoms with Crippen molar-refractivity contribution < 1.29 is 0 Å². The van der Waals surface area contributed by atoms with Gasteiger partial charge in [0.1, 0.15) is 0 Å². The molecule has 0 spiro atoms. The summed E-state index contributed by atoms with van der Waals surface area (Å²) in [6.45, 7) is 0. The van der Waals surface area contributed by atoms with Gasteiger partial charge in [-0.05, 0) is 28.1 Å². The topological polar surface area (TPSA) is 40.0 Å². The van der Waals surface area contributed by atoms with Gasteiger partial charge in [-0.15, -0.1) is 5.11 Å². The molecule has 0 fully saturated rings. The Balaban J connectivity index is 2.25. The monoisotopic (exact) mass is 200 g/mol. The van der Waals surface area contributed by atoms with Gasteiger partial charge >= 0.3 is 0 Å². The number of hydrogen-bond acceptors (Lipinski definition) is 4. The van der Waals surface area contributed by atoms with E-state index in [9.17, 15) is 0 Å². The van der Waals surface area contributed by atoms with Crippen molar-refractivity contribution in [2.24, 2.45) is 10.3 Å². The van der Waals surface area contributed by atoms with Crippen LogP contribution in [0.15, 0.2) is 33.2 Å². The Labute approximate surface area is 66.4 Å². The molecule has 1 unspecified atom stereocenters. The molecule has 2 aliphatic heterocycles. The second-order valence-electron chi connectivity index (χ2n) is 2.01. The van der Waals surface area contributed by atoms with E-state index in [2.05, 4.69) is 31.8 Å². The van der Waals surface area contributed by atoms with Gasteiger partial charge in [0.15, 0.2) is 6.17 Å². The van der Waals surface area contributed by atoms with Crippen LogP contribution in [-0.4, -0.2) is 11.2 Å². The number of rotatable bonds is 0. The lowest BCUT2D eigenvalue weighted by molar-refractivity contribution is 0.287. The van der Waals surface area contributed by atoms with Crippen molar-refractivity contribution >= 4 is 15.9 Å². The van der Waals surface area contributed by atoms with E-state index in [4.69, 9.17) is 0 Å². The number of nitrogens with one attached hydrogen (secondary N) is 1. The van der Waals surface area contributed by atoms with Gasteiger partial charge in [0.25, 0.3) is 0 Å². The van der Waals surface area contributed by atoms with Crippen molar-refractivity contribution in [1.29, 1.82) is 0 Å². The molecule has 0 aromatic rings. The van der Waals surface area contributed by atoms with Gasteiger partial charge in [-0.3, -0.25) is 0 Å². The summed E-state index contributed by atoms with van der Waals surface area (Å²) in [5.74, 6) is 0. The molecule has 5 heteroatoms. The summed E-state index contributed by atoms with van der Waals surface area (Å²) in [7, 11) is 0. The molecule has 0 aliphatic carbocycles. The lowest BCUT2D eigenvalue weighted by atomic mass is 10.3. The van der Waals surface area contributed by atoms with E-state index >= 15 is 0 Å². The Morgan fingerprint density at radius 3 is 3.50 bits per heavy atom. The first-order valence-electron chi connectivity index (χ1n) is 2.85. The third-order valence-electron chi connectivity index (χ3n) is 1.31. The van der Waals surface area contributed by atoms with Crippen LogP contribution < -0.4 is 5.53 Å². The molecule has 4 nitrogen and oxygen atoms in total. The maximum Gasteiger partial charge on any atom is 0.182 e. The molecular formula is C5H5BrN4. The molecule has 2 aliphatic rings. The molecule has 0 saturated heterocycles. The van der Waals surface area contributed by atoms with Gasteiger partial charge in [-0.2, -0.15) is 5.53 Å². The van der Waals surface area contributed by atoms with Crippen molar-refractivity contribution in [3.05, 3.63) is 22.8 Å². The van der Waals surface area contributed by atoms with Gasteiger partial charge in [-0.1, -0.05) is 5.22 Å². The first kappa shape index (κ1) is 5.91. The first-order chi connectivity index (χ1) is 4.86. The predicted octanol–water partition coefficient (Wildman–Crippen LogP) is 1.31. The van der Waals surface area contributed by atoms with Crippen LogP contribution in [0.25, 0.3) is 0 Å². The van der Waals surface area contributed by atoms with Crippen LogP contribution in [0.1, 0.15) is 0 Å². The minimum Gasteiger partial charge on any atom is -0.247 e. The zero-order valence-corrected chi connectivity index (χ0v) is 6.62. The van der Waals surface area contributed by atoms with Gasteiger partial charge in [0, 0.05) is 10.7 Å². The molecule has 0 radical (unpaired) electrons. The third kappa shape index (κ3) is 0.824. The Morgan fingerprint density at radius 1 is 1.70 bits per heavy atom. The summed E-state index contributed by atoms with van der Waals surface area (Å²) in [4.78, 5) is 0. The van der Waals surface area contributed by atoms with Crippen LogP contribution in [0, 0.1) is 0 Å².